The van der Waals surface area contributed by atoms with Gasteiger partial charge < -0.3 is 9.64 Å². The van der Waals surface area contributed by atoms with Crippen LogP contribution < -0.4 is 0 Å². The third kappa shape index (κ3) is 5.08. The van der Waals surface area contributed by atoms with E-state index in [0.29, 0.717) is 10.4 Å². The summed E-state index contributed by atoms with van der Waals surface area (Å²) < 4.78 is 42.9. The molecule has 1 aromatic heterocycles. The van der Waals surface area contributed by atoms with Gasteiger partial charge in [0.1, 0.15) is 6.54 Å². The molecule has 2 aromatic rings. The van der Waals surface area contributed by atoms with Crippen LogP contribution >= 0.6 is 11.3 Å². The van der Waals surface area contributed by atoms with Gasteiger partial charge in [0.15, 0.2) is 0 Å². The Kier molecular flexibility index (Phi) is 6.42. The average molecular weight is 385 g/mol. The molecule has 0 unspecified atom stereocenters. The SMILES string of the molecule is CCOC(=O)CN(Cc1ccc(C(F)(F)F)cc1)C(=O)c1sccc1C. The molecule has 0 fully saturated rings. The summed E-state index contributed by atoms with van der Waals surface area (Å²) in [5, 5.41) is 1.77. The number of halogens is 3. The zero-order valence-electron chi connectivity index (χ0n) is 14.3. The van der Waals surface area contributed by atoms with Crippen molar-refractivity contribution >= 4 is 23.2 Å². The predicted octanol–water partition coefficient (Wildman–Crippen LogP) is 4.28. The Morgan fingerprint density at radius 2 is 1.81 bits per heavy atom. The maximum atomic E-state index is 12.7. The lowest BCUT2D eigenvalue weighted by atomic mass is 10.1. The van der Waals surface area contributed by atoms with Crippen molar-refractivity contribution in [2.45, 2.75) is 26.6 Å². The van der Waals surface area contributed by atoms with E-state index in [1.54, 1.807) is 25.3 Å². The number of rotatable bonds is 6. The fourth-order valence-corrected chi connectivity index (χ4v) is 3.21. The number of alkyl halides is 3. The van der Waals surface area contributed by atoms with Crippen LogP contribution in [0.2, 0.25) is 0 Å². The van der Waals surface area contributed by atoms with Gasteiger partial charge in [0.25, 0.3) is 5.91 Å². The zero-order valence-corrected chi connectivity index (χ0v) is 15.1. The molecule has 1 amide bonds. The van der Waals surface area contributed by atoms with E-state index >= 15 is 0 Å². The molecular formula is C18H18F3NO3S. The highest BCUT2D eigenvalue weighted by Gasteiger charge is 2.30. The molecule has 0 saturated heterocycles. The van der Waals surface area contributed by atoms with Crippen LogP contribution in [0.4, 0.5) is 13.2 Å². The van der Waals surface area contributed by atoms with Crippen molar-refractivity contribution in [3.05, 3.63) is 57.3 Å². The summed E-state index contributed by atoms with van der Waals surface area (Å²) in [5.41, 5.74) is 0.504. The topological polar surface area (TPSA) is 46.6 Å². The van der Waals surface area contributed by atoms with Gasteiger partial charge in [-0.05, 0) is 48.6 Å². The summed E-state index contributed by atoms with van der Waals surface area (Å²) >= 11 is 1.25. The van der Waals surface area contributed by atoms with Gasteiger partial charge in [-0.3, -0.25) is 9.59 Å². The predicted molar refractivity (Wildman–Crippen MR) is 91.9 cm³/mol. The molecule has 2 rings (SSSR count). The van der Waals surface area contributed by atoms with E-state index in [1.807, 2.05) is 0 Å². The minimum atomic E-state index is -4.42. The highest BCUT2D eigenvalue weighted by atomic mass is 32.1. The lowest BCUT2D eigenvalue weighted by Gasteiger charge is -2.22. The second kappa shape index (κ2) is 8.35. The van der Waals surface area contributed by atoms with Crippen molar-refractivity contribution in [3.63, 3.8) is 0 Å². The number of hydrogen-bond acceptors (Lipinski definition) is 4. The van der Waals surface area contributed by atoms with Gasteiger partial charge in [0, 0.05) is 6.54 Å². The maximum Gasteiger partial charge on any atom is 0.416 e. The first kappa shape index (κ1) is 20.0. The van der Waals surface area contributed by atoms with Gasteiger partial charge in [-0.15, -0.1) is 11.3 Å². The number of benzene rings is 1. The Morgan fingerprint density at radius 1 is 1.15 bits per heavy atom. The molecule has 1 heterocycles. The van der Waals surface area contributed by atoms with Crippen LogP contribution in [0.1, 0.15) is 33.3 Å². The van der Waals surface area contributed by atoms with Crippen molar-refractivity contribution in [2.24, 2.45) is 0 Å². The first-order chi connectivity index (χ1) is 12.2. The van der Waals surface area contributed by atoms with E-state index in [9.17, 15) is 22.8 Å². The van der Waals surface area contributed by atoms with Gasteiger partial charge in [-0.25, -0.2) is 0 Å². The molecule has 0 saturated carbocycles. The summed E-state index contributed by atoms with van der Waals surface area (Å²) in [6, 6.07) is 6.31. The summed E-state index contributed by atoms with van der Waals surface area (Å²) in [5.74, 6) is -0.924. The Hall–Kier alpha value is -2.35. The number of amides is 1. The van der Waals surface area contributed by atoms with Crippen LogP contribution in [0.15, 0.2) is 35.7 Å². The van der Waals surface area contributed by atoms with E-state index in [2.05, 4.69) is 0 Å². The van der Waals surface area contributed by atoms with Gasteiger partial charge in [-0.2, -0.15) is 13.2 Å². The molecule has 0 N–H and O–H groups in total. The minimum Gasteiger partial charge on any atom is -0.465 e. The second-order valence-corrected chi connectivity index (χ2v) is 6.51. The Balaban J connectivity index is 2.22. The van der Waals surface area contributed by atoms with Crippen LogP contribution in [-0.4, -0.2) is 29.9 Å². The van der Waals surface area contributed by atoms with Crippen molar-refractivity contribution in [1.82, 2.24) is 4.90 Å². The molecule has 0 radical (unpaired) electrons. The largest absolute Gasteiger partial charge is 0.465 e. The number of carbonyl (C=O) groups excluding carboxylic acids is 2. The summed E-state index contributed by atoms with van der Waals surface area (Å²) in [6.45, 7) is 3.35. The monoisotopic (exact) mass is 385 g/mol. The van der Waals surface area contributed by atoms with E-state index < -0.39 is 17.7 Å². The molecule has 4 nitrogen and oxygen atoms in total. The Labute approximate surface area is 153 Å². The van der Waals surface area contributed by atoms with Crippen LogP contribution in [0, 0.1) is 6.92 Å². The number of esters is 1. The third-order valence-electron chi connectivity index (χ3n) is 3.62. The van der Waals surface area contributed by atoms with E-state index in [-0.39, 0.29) is 25.6 Å². The minimum absolute atomic E-state index is 0.00707. The van der Waals surface area contributed by atoms with Crippen LogP contribution in [0.3, 0.4) is 0 Å². The molecule has 0 atom stereocenters. The first-order valence-corrected chi connectivity index (χ1v) is 8.75. The zero-order chi connectivity index (χ0) is 19.3. The first-order valence-electron chi connectivity index (χ1n) is 7.87. The fraction of sp³-hybridized carbons (Fsp3) is 0.333. The molecule has 0 bridgehead atoms. The number of nitrogens with zero attached hydrogens (tertiary/aromatic N) is 1. The number of ether oxygens (including phenoxy) is 1. The van der Waals surface area contributed by atoms with E-state index in [1.165, 1.54) is 28.4 Å². The number of hydrogen-bond donors (Lipinski definition) is 0. The van der Waals surface area contributed by atoms with Crippen molar-refractivity contribution < 1.29 is 27.5 Å². The van der Waals surface area contributed by atoms with Gasteiger partial charge in [0.05, 0.1) is 17.0 Å². The maximum absolute atomic E-state index is 12.7. The van der Waals surface area contributed by atoms with E-state index in [4.69, 9.17) is 4.74 Å². The van der Waals surface area contributed by atoms with Crippen LogP contribution in [0.5, 0.6) is 0 Å². The molecule has 140 valence electrons. The van der Waals surface area contributed by atoms with Gasteiger partial charge in [0.2, 0.25) is 0 Å². The normalized spacial score (nSPS) is 11.3. The average Bonchev–Trinajstić information content (AvgIpc) is 2.99. The number of thiophene rings is 1. The van der Waals surface area contributed by atoms with Crippen LogP contribution in [0.25, 0.3) is 0 Å². The second-order valence-electron chi connectivity index (χ2n) is 5.59. The molecular weight excluding hydrogens is 367 g/mol. The lowest BCUT2D eigenvalue weighted by Crippen LogP contribution is -2.36. The quantitative estimate of drug-likeness (QED) is 0.698. The molecule has 0 spiro atoms. The van der Waals surface area contributed by atoms with Crippen molar-refractivity contribution in [1.29, 1.82) is 0 Å². The highest BCUT2D eigenvalue weighted by molar-refractivity contribution is 7.12. The molecule has 1 aromatic carbocycles. The number of carbonyl (C=O) groups is 2. The Morgan fingerprint density at radius 3 is 2.31 bits per heavy atom. The molecule has 26 heavy (non-hydrogen) atoms. The highest BCUT2D eigenvalue weighted by Crippen LogP contribution is 2.29. The standard InChI is InChI=1S/C18H18F3NO3S/c1-3-25-15(23)11-22(17(24)16-12(2)8-9-26-16)10-13-4-6-14(7-5-13)18(19,20)21/h4-9H,3,10-11H2,1-2H3. The lowest BCUT2D eigenvalue weighted by molar-refractivity contribution is -0.144. The molecule has 0 aliphatic rings. The summed E-state index contributed by atoms with van der Waals surface area (Å²) in [6.07, 6.45) is -4.42. The van der Waals surface area contributed by atoms with Crippen molar-refractivity contribution in [2.75, 3.05) is 13.2 Å². The Bertz CT molecular complexity index is 769. The third-order valence-corrected chi connectivity index (χ3v) is 4.63. The van der Waals surface area contributed by atoms with Crippen molar-refractivity contribution in [3.8, 4) is 0 Å². The van der Waals surface area contributed by atoms with Crippen LogP contribution in [-0.2, 0) is 22.3 Å². The number of aryl methyl sites for hydroxylation is 1. The molecule has 0 aliphatic carbocycles. The smallest absolute Gasteiger partial charge is 0.416 e. The summed E-state index contributed by atoms with van der Waals surface area (Å²) in [7, 11) is 0. The van der Waals surface area contributed by atoms with E-state index in [0.717, 1.165) is 17.7 Å². The summed E-state index contributed by atoms with van der Waals surface area (Å²) in [4.78, 5) is 26.3. The van der Waals surface area contributed by atoms with Gasteiger partial charge >= 0.3 is 12.1 Å². The fourth-order valence-electron chi connectivity index (χ4n) is 2.32. The van der Waals surface area contributed by atoms with Gasteiger partial charge in [-0.1, -0.05) is 12.1 Å². The molecule has 0 aliphatic heterocycles. The molecule has 8 heteroatoms.